The predicted octanol–water partition coefficient (Wildman–Crippen LogP) is 5.07. The van der Waals surface area contributed by atoms with Gasteiger partial charge in [0.2, 0.25) is 15.9 Å². The molecule has 0 aromatic heterocycles. The fourth-order valence-electron chi connectivity index (χ4n) is 5.52. The Morgan fingerprint density at radius 2 is 1.62 bits per heavy atom. The van der Waals surface area contributed by atoms with Crippen LogP contribution in [0.25, 0.3) is 0 Å². The predicted molar refractivity (Wildman–Crippen MR) is 156 cm³/mol. The summed E-state index contributed by atoms with van der Waals surface area (Å²) >= 11 is 6.13. The van der Waals surface area contributed by atoms with Crippen LogP contribution in [0.15, 0.2) is 71.6 Å². The summed E-state index contributed by atoms with van der Waals surface area (Å²) < 4.78 is 28.6. The Kier molecular flexibility index (Phi) is 8.44. The minimum absolute atomic E-state index is 0.122. The highest BCUT2D eigenvalue weighted by Crippen LogP contribution is 2.30. The first kappa shape index (κ1) is 28.1. The maximum absolute atomic E-state index is 13.5. The van der Waals surface area contributed by atoms with Gasteiger partial charge in [-0.15, -0.1) is 0 Å². The highest BCUT2D eigenvalue weighted by atomic mass is 35.5. The van der Waals surface area contributed by atoms with Crippen molar-refractivity contribution in [3.8, 4) is 0 Å². The molecule has 40 heavy (non-hydrogen) atoms. The number of nitrogens with zero attached hydrogens (tertiary/aromatic N) is 2. The number of anilines is 2. The second-order valence-corrected chi connectivity index (χ2v) is 12.8. The first-order valence-electron chi connectivity index (χ1n) is 13.4. The van der Waals surface area contributed by atoms with Gasteiger partial charge in [0.15, 0.2) is 0 Å². The van der Waals surface area contributed by atoms with Gasteiger partial charge in [0, 0.05) is 49.0 Å². The number of carboxylic acids is 1. The quantitative estimate of drug-likeness (QED) is 0.377. The van der Waals surface area contributed by atoms with E-state index < -0.39 is 16.0 Å². The second kappa shape index (κ2) is 12.0. The van der Waals surface area contributed by atoms with Gasteiger partial charge >= 0.3 is 5.97 Å². The van der Waals surface area contributed by atoms with Crippen molar-refractivity contribution < 1.29 is 23.1 Å². The van der Waals surface area contributed by atoms with E-state index in [1.807, 2.05) is 36.4 Å². The number of carboxylic acid groups (broad SMARTS) is 1. The molecule has 0 radical (unpaired) electrons. The maximum Gasteiger partial charge on any atom is 0.335 e. The SMILES string of the molecule is O=C(CC1CCc2ccc(S(=O)(=O)N3CCN(c4cccc(Cl)c4)CC3)cc2CC1)Nc1cccc(C(=O)O)c1. The number of benzene rings is 3. The van der Waals surface area contributed by atoms with Crippen molar-refractivity contribution >= 4 is 44.9 Å². The molecule has 1 atom stereocenters. The van der Waals surface area contributed by atoms with Crippen molar-refractivity contribution in [1.29, 1.82) is 0 Å². The number of amides is 1. The fraction of sp³-hybridized carbons (Fsp3) is 0.333. The van der Waals surface area contributed by atoms with E-state index >= 15 is 0 Å². The van der Waals surface area contributed by atoms with Gasteiger partial charge < -0.3 is 15.3 Å². The van der Waals surface area contributed by atoms with Crippen molar-refractivity contribution in [3.63, 3.8) is 0 Å². The van der Waals surface area contributed by atoms with E-state index in [0.29, 0.717) is 54.6 Å². The number of hydrogen-bond donors (Lipinski definition) is 2. The molecule has 1 amide bonds. The molecule has 2 N–H and O–H groups in total. The number of carbonyl (C=O) groups excluding carboxylic acids is 1. The zero-order chi connectivity index (χ0) is 28.3. The first-order chi connectivity index (χ1) is 19.2. The molecule has 2 aliphatic rings. The van der Waals surface area contributed by atoms with Gasteiger partial charge in [-0.3, -0.25) is 4.79 Å². The van der Waals surface area contributed by atoms with E-state index in [4.69, 9.17) is 16.7 Å². The Morgan fingerprint density at radius 1 is 0.900 bits per heavy atom. The van der Waals surface area contributed by atoms with E-state index in [1.54, 1.807) is 22.5 Å². The first-order valence-corrected chi connectivity index (χ1v) is 15.3. The summed E-state index contributed by atoms with van der Waals surface area (Å²) in [6.07, 6.45) is 3.41. The van der Waals surface area contributed by atoms with Crippen LogP contribution in [0.5, 0.6) is 0 Å². The number of nitrogens with one attached hydrogen (secondary N) is 1. The number of piperazine rings is 1. The van der Waals surface area contributed by atoms with Crippen LogP contribution >= 0.6 is 11.6 Å². The van der Waals surface area contributed by atoms with Crippen molar-refractivity contribution in [2.24, 2.45) is 5.92 Å². The van der Waals surface area contributed by atoms with E-state index in [-0.39, 0.29) is 17.4 Å². The third-order valence-corrected chi connectivity index (χ3v) is 9.87. The molecule has 1 aliphatic carbocycles. The number of aromatic carboxylic acids is 1. The lowest BCUT2D eigenvalue weighted by Gasteiger charge is -2.35. The number of rotatable bonds is 7. The standard InChI is InChI=1S/C30H32ClN3O5S/c31-25-4-2-6-27(20-25)33-13-15-34(16-14-33)40(38,39)28-12-11-22-9-7-21(8-10-23(22)19-28)17-29(35)32-26-5-1-3-24(18-26)30(36)37/h1-6,11-12,18-21H,7-10,13-17H2,(H,32,35)(H,36,37). The minimum atomic E-state index is -3.62. The van der Waals surface area contributed by atoms with Gasteiger partial charge in [-0.2, -0.15) is 4.31 Å². The fourth-order valence-corrected chi connectivity index (χ4v) is 7.18. The Hall–Kier alpha value is -3.40. The number of hydrogen-bond acceptors (Lipinski definition) is 5. The molecule has 210 valence electrons. The molecule has 8 nitrogen and oxygen atoms in total. The molecule has 1 heterocycles. The summed E-state index contributed by atoms with van der Waals surface area (Å²) in [7, 11) is -3.62. The number of aryl methyl sites for hydroxylation is 2. The average Bonchev–Trinajstić information content (AvgIpc) is 3.15. The summed E-state index contributed by atoms with van der Waals surface area (Å²) in [6.45, 7) is 1.99. The van der Waals surface area contributed by atoms with Crippen LogP contribution in [0.2, 0.25) is 5.02 Å². The van der Waals surface area contributed by atoms with Crippen LogP contribution in [-0.4, -0.2) is 55.9 Å². The lowest BCUT2D eigenvalue weighted by Crippen LogP contribution is -2.48. The smallest absolute Gasteiger partial charge is 0.335 e. The second-order valence-electron chi connectivity index (χ2n) is 10.4. The number of carbonyl (C=O) groups is 2. The van der Waals surface area contributed by atoms with Crippen molar-refractivity contribution in [2.45, 2.75) is 37.0 Å². The molecule has 1 unspecified atom stereocenters. The van der Waals surface area contributed by atoms with Gasteiger partial charge in [0.25, 0.3) is 0 Å². The molecule has 0 bridgehead atoms. The molecule has 5 rings (SSSR count). The zero-order valence-electron chi connectivity index (χ0n) is 22.1. The third kappa shape index (κ3) is 6.49. The Bertz CT molecular complexity index is 1520. The van der Waals surface area contributed by atoms with Crippen molar-refractivity contribution in [3.05, 3.63) is 88.4 Å². The third-order valence-electron chi connectivity index (χ3n) is 7.74. The minimum Gasteiger partial charge on any atom is -0.478 e. The monoisotopic (exact) mass is 581 g/mol. The molecule has 3 aromatic carbocycles. The molecular formula is C30H32ClN3O5S. The molecule has 3 aromatic rings. The molecule has 10 heteroatoms. The highest BCUT2D eigenvalue weighted by molar-refractivity contribution is 7.89. The van der Waals surface area contributed by atoms with Crippen molar-refractivity contribution in [1.82, 2.24) is 4.31 Å². The summed E-state index contributed by atoms with van der Waals surface area (Å²) in [5.41, 5.74) is 3.73. The summed E-state index contributed by atoms with van der Waals surface area (Å²) in [6, 6.07) is 19.2. The van der Waals surface area contributed by atoms with E-state index in [1.165, 1.54) is 12.1 Å². The van der Waals surface area contributed by atoms with Crippen LogP contribution in [0, 0.1) is 5.92 Å². The van der Waals surface area contributed by atoms with E-state index in [0.717, 1.165) is 36.1 Å². The number of fused-ring (bicyclic) bond motifs is 1. The highest BCUT2D eigenvalue weighted by Gasteiger charge is 2.30. The summed E-state index contributed by atoms with van der Waals surface area (Å²) in [5.74, 6) is -1.05. The van der Waals surface area contributed by atoms with Gasteiger partial charge in [-0.25, -0.2) is 13.2 Å². The summed E-state index contributed by atoms with van der Waals surface area (Å²) in [5, 5.41) is 12.6. The van der Waals surface area contributed by atoms with Gasteiger partial charge in [0.05, 0.1) is 10.5 Å². The Labute approximate surface area is 239 Å². The van der Waals surface area contributed by atoms with Gasteiger partial charge in [-0.1, -0.05) is 29.8 Å². The van der Waals surface area contributed by atoms with Crippen LogP contribution < -0.4 is 10.2 Å². The summed E-state index contributed by atoms with van der Waals surface area (Å²) in [4.78, 5) is 26.3. The normalized spacial score (nSPS) is 18.0. The van der Waals surface area contributed by atoms with Crippen LogP contribution in [0.4, 0.5) is 11.4 Å². The Morgan fingerprint density at radius 3 is 2.35 bits per heavy atom. The molecule has 1 fully saturated rings. The Balaban J connectivity index is 1.19. The number of sulfonamides is 1. The van der Waals surface area contributed by atoms with Crippen molar-refractivity contribution in [2.75, 3.05) is 36.4 Å². The topological polar surface area (TPSA) is 107 Å². The molecule has 0 spiro atoms. The van der Waals surface area contributed by atoms with Crippen LogP contribution in [-0.2, 0) is 27.7 Å². The lowest BCUT2D eigenvalue weighted by atomic mass is 9.95. The van der Waals surface area contributed by atoms with Crippen LogP contribution in [0.1, 0.15) is 40.7 Å². The average molecular weight is 582 g/mol. The lowest BCUT2D eigenvalue weighted by molar-refractivity contribution is -0.117. The largest absolute Gasteiger partial charge is 0.478 e. The molecule has 0 saturated carbocycles. The molecular weight excluding hydrogens is 550 g/mol. The van der Waals surface area contributed by atoms with Crippen LogP contribution in [0.3, 0.4) is 0 Å². The van der Waals surface area contributed by atoms with E-state index in [9.17, 15) is 18.0 Å². The number of halogens is 1. The van der Waals surface area contributed by atoms with Gasteiger partial charge in [-0.05, 0) is 91.3 Å². The maximum atomic E-state index is 13.5. The van der Waals surface area contributed by atoms with E-state index in [2.05, 4.69) is 10.2 Å². The zero-order valence-corrected chi connectivity index (χ0v) is 23.6. The van der Waals surface area contributed by atoms with Gasteiger partial charge in [0.1, 0.15) is 0 Å². The molecule has 1 aliphatic heterocycles. The molecule has 1 saturated heterocycles.